The number of hydrogen-bond acceptors (Lipinski definition) is 2. The summed E-state index contributed by atoms with van der Waals surface area (Å²) in [6.45, 7) is 8.00. The topological polar surface area (TPSA) is 46.9 Å². The fourth-order valence-electron chi connectivity index (χ4n) is 4.29. The molecule has 2 aromatic carbocycles. The zero-order chi connectivity index (χ0) is 24.7. The van der Waals surface area contributed by atoms with Crippen LogP contribution in [0.15, 0.2) is 48.5 Å². The molecular weight excluding hydrogens is 439 g/mol. The van der Waals surface area contributed by atoms with E-state index in [1.54, 1.807) is 6.07 Å². The van der Waals surface area contributed by atoms with Crippen molar-refractivity contribution in [3.63, 3.8) is 0 Å². The summed E-state index contributed by atoms with van der Waals surface area (Å²) in [5.74, 6) is -0.468. The Hall–Kier alpha value is -3.09. The first-order valence-corrected chi connectivity index (χ1v) is 11.6. The van der Waals surface area contributed by atoms with Crippen LogP contribution in [0.1, 0.15) is 73.7 Å². The highest BCUT2D eigenvalue weighted by Crippen LogP contribution is 2.31. The number of hydrogen-bond donors (Lipinski definition) is 1. The van der Waals surface area contributed by atoms with Crippen molar-refractivity contribution in [1.29, 1.82) is 0 Å². The Balaban J connectivity index is 1.58. The number of aryl methyl sites for hydroxylation is 2. The minimum absolute atomic E-state index is 0.132. The van der Waals surface area contributed by atoms with Crippen molar-refractivity contribution in [3.05, 3.63) is 82.2 Å². The number of rotatable bonds is 5. The second-order valence-electron chi connectivity index (χ2n) is 10.1. The highest BCUT2D eigenvalue weighted by molar-refractivity contribution is 5.83. The Bertz CT molecular complexity index is 1200. The van der Waals surface area contributed by atoms with Crippen LogP contribution in [0.2, 0.25) is 0 Å². The summed E-state index contributed by atoms with van der Waals surface area (Å²) < 4.78 is 41.3. The van der Waals surface area contributed by atoms with Crippen LogP contribution in [0.5, 0.6) is 0 Å². The minimum Gasteiger partial charge on any atom is -0.350 e. The van der Waals surface area contributed by atoms with Crippen LogP contribution in [0.25, 0.3) is 5.69 Å². The molecule has 0 bridgehead atoms. The molecule has 4 rings (SSSR count). The first-order valence-electron chi connectivity index (χ1n) is 11.6. The molecule has 0 radical (unpaired) electrons. The molecule has 0 fully saturated rings. The van der Waals surface area contributed by atoms with Gasteiger partial charge < -0.3 is 5.32 Å². The van der Waals surface area contributed by atoms with Crippen molar-refractivity contribution < 1.29 is 18.0 Å². The van der Waals surface area contributed by atoms with Crippen molar-refractivity contribution >= 4 is 5.91 Å². The lowest BCUT2D eigenvalue weighted by molar-refractivity contribution is -0.137. The average molecular weight is 470 g/mol. The lowest BCUT2D eigenvalue weighted by Gasteiger charge is -2.15. The standard InChI is InChI=1S/C27H30F3N3O/c1-17(19-12-11-18-7-5-8-20(18)13-19)25(34)31-16-23-15-24(26(2,3)4)32-33(23)22-10-6-9-21(14-22)27(28,29)30/h6,9-15,17H,5,7-8,16H2,1-4H3,(H,31,34). The molecule has 34 heavy (non-hydrogen) atoms. The van der Waals surface area contributed by atoms with Crippen molar-refractivity contribution in [2.75, 3.05) is 0 Å². The summed E-state index contributed by atoms with van der Waals surface area (Å²) in [6, 6.07) is 13.2. The number of aromatic nitrogens is 2. The number of benzene rings is 2. The second-order valence-corrected chi connectivity index (χ2v) is 10.1. The molecule has 0 saturated carbocycles. The minimum atomic E-state index is -4.45. The van der Waals surface area contributed by atoms with E-state index in [2.05, 4.69) is 22.5 Å². The first-order chi connectivity index (χ1) is 15.9. The second kappa shape index (κ2) is 8.93. The van der Waals surface area contributed by atoms with Crippen molar-refractivity contribution in [2.45, 2.75) is 71.0 Å². The van der Waals surface area contributed by atoms with Gasteiger partial charge in [-0.15, -0.1) is 0 Å². The number of nitrogens with one attached hydrogen (secondary N) is 1. The lowest BCUT2D eigenvalue weighted by atomic mass is 9.92. The predicted octanol–water partition coefficient (Wildman–Crippen LogP) is 6.10. The average Bonchev–Trinajstić information content (AvgIpc) is 3.42. The maximum atomic E-state index is 13.3. The number of amides is 1. The molecular formula is C27H30F3N3O. The highest BCUT2D eigenvalue weighted by Gasteiger charge is 2.31. The fourth-order valence-corrected chi connectivity index (χ4v) is 4.29. The molecule has 1 amide bonds. The third kappa shape index (κ3) is 5.03. The summed E-state index contributed by atoms with van der Waals surface area (Å²) in [4.78, 5) is 13.0. The molecule has 1 aromatic heterocycles. The van der Waals surface area contributed by atoms with Crippen LogP contribution in [0.4, 0.5) is 13.2 Å². The van der Waals surface area contributed by atoms with Gasteiger partial charge in [-0.3, -0.25) is 4.79 Å². The summed E-state index contributed by atoms with van der Waals surface area (Å²) in [5, 5.41) is 7.56. The number of carbonyl (C=O) groups excluding carboxylic acids is 1. The molecule has 1 aliphatic carbocycles. The summed E-state index contributed by atoms with van der Waals surface area (Å²) in [5.41, 5.74) is 4.27. The highest BCUT2D eigenvalue weighted by atomic mass is 19.4. The van der Waals surface area contributed by atoms with Crippen LogP contribution in [0, 0.1) is 0 Å². The van der Waals surface area contributed by atoms with Gasteiger partial charge in [0.05, 0.1) is 35.1 Å². The van der Waals surface area contributed by atoms with Crippen LogP contribution in [-0.2, 0) is 35.8 Å². The van der Waals surface area contributed by atoms with Gasteiger partial charge in [0.1, 0.15) is 0 Å². The SMILES string of the molecule is CC(C(=O)NCc1cc(C(C)(C)C)nn1-c1cccc(C(F)(F)F)c1)c1ccc2c(c1)CCC2. The van der Waals surface area contributed by atoms with Crippen molar-refractivity contribution in [1.82, 2.24) is 15.1 Å². The van der Waals surface area contributed by atoms with Crippen LogP contribution in [-0.4, -0.2) is 15.7 Å². The zero-order valence-corrected chi connectivity index (χ0v) is 20.0. The first kappa shape index (κ1) is 24.0. The molecule has 1 heterocycles. The van der Waals surface area contributed by atoms with Gasteiger partial charge in [-0.05, 0) is 67.1 Å². The Labute approximate surface area is 198 Å². The molecule has 1 N–H and O–H groups in total. The normalized spacial score (nSPS) is 14.7. The lowest BCUT2D eigenvalue weighted by Crippen LogP contribution is -2.28. The molecule has 1 unspecified atom stereocenters. The van der Waals surface area contributed by atoms with Gasteiger partial charge in [0.25, 0.3) is 0 Å². The monoisotopic (exact) mass is 469 g/mol. The van der Waals surface area contributed by atoms with Gasteiger partial charge in [0.2, 0.25) is 5.91 Å². The predicted molar refractivity (Wildman–Crippen MR) is 126 cm³/mol. The third-order valence-corrected chi connectivity index (χ3v) is 6.43. The maximum absolute atomic E-state index is 13.3. The number of alkyl halides is 3. The van der Waals surface area contributed by atoms with Crippen molar-refractivity contribution in [2.24, 2.45) is 0 Å². The molecule has 1 aliphatic rings. The molecule has 0 aliphatic heterocycles. The summed E-state index contributed by atoms with van der Waals surface area (Å²) >= 11 is 0. The van der Waals surface area contributed by atoms with Crippen LogP contribution < -0.4 is 5.32 Å². The van der Waals surface area contributed by atoms with E-state index in [1.807, 2.05) is 39.8 Å². The number of halogens is 3. The van der Waals surface area contributed by atoms with Gasteiger partial charge in [0.15, 0.2) is 0 Å². The Kier molecular flexibility index (Phi) is 6.32. The molecule has 1 atom stereocenters. The molecule has 180 valence electrons. The Morgan fingerprint density at radius 3 is 2.50 bits per heavy atom. The van der Waals surface area contributed by atoms with Gasteiger partial charge in [0, 0.05) is 5.41 Å². The third-order valence-electron chi connectivity index (χ3n) is 6.43. The van der Waals surface area contributed by atoms with E-state index in [1.165, 1.54) is 21.9 Å². The summed E-state index contributed by atoms with van der Waals surface area (Å²) in [6.07, 6.45) is -1.17. The molecule has 3 aromatic rings. The van der Waals surface area contributed by atoms with E-state index in [0.717, 1.165) is 42.7 Å². The van der Waals surface area contributed by atoms with Gasteiger partial charge in [-0.2, -0.15) is 18.3 Å². The van der Waals surface area contributed by atoms with E-state index in [9.17, 15) is 18.0 Å². The molecule has 0 spiro atoms. The molecule has 7 heteroatoms. The van der Waals surface area contributed by atoms with Gasteiger partial charge >= 0.3 is 6.18 Å². The smallest absolute Gasteiger partial charge is 0.350 e. The van der Waals surface area contributed by atoms with E-state index in [4.69, 9.17) is 0 Å². The number of fused-ring (bicyclic) bond motifs is 1. The number of nitrogens with zero attached hydrogens (tertiary/aromatic N) is 2. The summed E-state index contributed by atoms with van der Waals surface area (Å²) in [7, 11) is 0. The van der Waals surface area contributed by atoms with Gasteiger partial charge in [-0.1, -0.05) is 45.0 Å². The molecule has 4 nitrogen and oxygen atoms in total. The fraction of sp³-hybridized carbons (Fsp3) is 0.407. The van der Waals surface area contributed by atoms with E-state index < -0.39 is 11.7 Å². The maximum Gasteiger partial charge on any atom is 0.416 e. The van der Waals surface area contributed by atoms with E-state index in [0.29, 0.717) is 11.4 Å². The van der Waals surface area contributed by atoms with E-state index in [-0.39, 0.29) is 23.8 Å². The Morgan fingerprint density at radius 2 is 1.79 bits per heavy atom. The largest absolute Gasteiger partial charge is 0.416 e. The van der Waals surface area contributed by atoms with Gasteiger partial charge in [-0.25, -0.2) is 4.68 Å². The quantitative estimate of drug-likeness (QED) is 0.491. The Morgan fingerprint density at radius 1 is 1.06 bits per heavy atom. The van der Waals surface area contributed by atoms with E-state index >= 15 is 0 Å². The molecule has 0 saturated heterocycles. The number of carbonyl (C=O) groups is 1. The zero-order valence-electron chi connectivity index (χ0n) is 20.0. The van der Waals surface area contributed by atoms with Crippen LogP contribution in [0.3, 0.4) is 0 Å². The van der Waals surface area contributed by atoms with Crippen molar-refractivity contribution in [3.8, 4) is 5.69 Å². The van der Waals surface area contributed by atoms with Crippen LogP contribution >= 0.6 is 0 Å².